The fourth-order valence-electron chi connectivity index (χ4n) is 2.95. The van der Waals surface area contributed by atoms with E-state index < -0.39 is 0 Å². The molecule has 4 rings (SSSR count). The van der Waals surface area contributed by atoms with Crippen molar-refractivity contribution in [2.75, 3.05) is 5.01 Å². The van der Waals surface area contributed by atoms with Gasteiger partial charge in [0.05, 0.1) is 27.9 Å². The Labute approximate surface area is 160 Å². The molecule has 1 amide bonds. The van der Waals surface area contributed by atoms with Gasteiger partial charge in [-0.2, -0.15) is 10.1 Å². The summed E-state index contributed by atoms with van der Waals surface area (Å²) in [6.07, 6.45) is 2.87. The SMILES string of the molecule is CC1=NN(c2ccccc2)C(=O)C1=Cc1coc2cc(C)c(Cl)cc2c1=O. The van der Waals surface area contributed by atoms with E-state index in [-0.39, 0.29) is 16.9 Å². The van der Waals surface area contributed by atoms with Crippen LogP contribution < -0.4 is 10.4 Å². The van der Waals surface area contributed by atoms with E-state index in [1.165, 1.54) is 17.3 Å². The second-order valence-electron chi connectivity index (χ2n) is 6.31. The molecule has 0 spiro atoms. The van der Waals surface area contributed by atoms with Crippen LogP contribution in [0.3, 0.4) is 0 Å². The molecule has 1 aromatic heterocycles. The van der Waals surface area contributed by atoms with Gasteiger partial charge in [-0.25, -0.2) is 0 Å². The van der Waals surface area contributed by atoms with Crippen molar-refractivity contribution in [3.05, 3.63) is 80.7 Å². The number of hydrazone groups is 1. The van der Waals surface area contributed by atoms with Gasteiger partial charge in [0.15, 0.2) is 5.43 Å². The van der Waals surface area contributed by atoms with E-state index in [2.05, 4.69) is 5.10 Å². The van der Waals surface area contributed by atoms with Crippen molar-refractivity contribution < 1.29 is 9.21 Å². The van der Waals surface area contributed by atoms with Crippen LogP contribution in [0.1, 0.15) is 18.1 Å². The molecule has 0 atom stereocenters. The predicted octanol–water partition coefficient (Wildman–Crippen LogP) is 4.56. The average molecular weight is 379 g/mol. The summed E-state index contributed by atoms with van der Waals surface area (Å²) >= 11 is 6.14. The molecular formula is C21H15ClN2O3. The Bertz CT molecular complexity index is 1190. The summed E-state index contributed by atoms with van der Waals surface area (Å²) in [6.45, 7) is 3.57. The Morgan fingerprint density at radius 1 is 1.11 bits per heavy atom. The van der Waals surface area contributed by atoms with Gasteiger partial charge in [-0.15, -0.1) is 0 Å². The standard InChI is InChI=1S/C21H15ClN2O3/c1-12-8-19-17(10-18(12)22)20(25)14(11-27-19)9-16-13(2)23-24(21(16)26)15-6-4-3-5-7-15/h3-11H,1-2H3. The molecule has 2 aromatic carbocycles. The van der Waals surface area contributed by atoms with Gasteiger partial charge in [-0.1, -0.05) is 29.8 Å². The van der Waals surface area contributed by atoms with E-state index in [0.717, 1.165) is 5.56 Å². The van der Waals surface area contributed by atoms with E-state index in [0.29, 0.717) is 33.0 Å². The lowest BCUT2D eigenvalue weighted by atomic mass is 10.1. The fourth-order valence-corrected chi connectivity index (χ4v) is 3.11. The number of anilines is 1. The predicted molar refractivity (Wildman–Crippen MR) is 107 cm³/mol. The molecule has 3 aromatic rings. The molecular weight excluding hydrogens is 364 g/mol. The minimum absolute atomic E-state index is 0.246. The number of nitrogens with zero attached hydrogens (tertiary/aromatic N) is 2. The molecule has 0 unspecified atom stereocenters. The first-order chi connectivity index (χ1) is 13.0. The zero-order valence-electron chi connectivity index (χ0n) is 14.7. The Morgan fingerprint density at radius 2 is 1.85 bits per heavy atom. The first kappa shape index (κ1) is 17.2. The van der Waals surface area contributed by atoms with Crippen LogP contribution in [0.25, 0.3) is 17.0 Å². The van der Waals surface area contributed by atoms with Crippen molar-refractivity contribution in [2.45, 2.75) is 13.8 Å². The monoisotopic (exact) mass is 378 g/mol. The minimum atomic E-state index is -0.292. The topological polar surface area (TPSA) is 62.9 Å². The van der Waals surface area contributed by atoms with Crippen LogP contribution in [0.5, 0.6) is 0 Å². The third-order valence-corrected chi connectivity index (χ3v) is 4.85. The number of rotatable bonds is 2. The van der Waals surface area contributed by atoms with Crippen molar-refractivity contribution in [1.29, 1.82) is 0 Å². The quantitative estimate of drug-likeness (QED) is 0.614. The summed E-state index contributed by atoms with van der Waals surface area (Å²) in [6, 6.07) is 12.4. The summed E-state index contributed by atoms with van der Waals surface area (Å²) in [7, 11) is 0. The zero-order valence-corrected chi connectivity index (χ0v) is 15.4. The molecule has 1 aliphatic rings. The van der Waals surface area contributed by atoms with Crippen LogP contribution in [0.4, 0.5) is 5.69 Å². The third kappa shape index (κ3) is 2.96. The molecule has 5 nitrogen and oxygen atoms in total. The number of halogens is 1. The highest BCUT2D eigenvalue weighted by Gasteiger charge is 2.29. The van der Waals surface area contributed by atoms with Crippen molar-refractivity contribution in [3.63, 3.8) is 0 Å². The van der Waals surface area contributed by atoms with Gasteiger partial charge in [0.1, 0.15) is 11.8 Å². The first-order valence-corrected chi connectivity index (χ1v) is 8.72. The van der Waals surface area contributed by atoms with E-state index in [9.17, 15) is 9.59 Å². The van der Waals surface area contributed by atoms with Crippen LogP contribution in [0.2, 0.25) is 5.02 Å². The summed E-state index contributed by atoms with van der Waals surface area (Å²) in [5.74, 6) is -0.292. The van der Waals surface area contributed by atoms with Gasteiger partial charge >= 0.3 is 0 Å². The molecule has 1 aliphatic heterocycles. The number of amides is 1. The number of benzene rings is 2. The molecule has 0 bridgehead atoms. The van der Waals surface area contributed by atoms with E-state index in [1.54, 1.807) is 31.2 Å². The van der Waals surface area contributed by atoms with Gasteiger partial charge in [0, 0.05) is 5.02 Å². The highest BCUT2D eigenvalue weighted by atomic mass is 35.5. The molecule has 134 valence electrons. The Hall–Kier alpha value is -3.18. The summed E-state index contributed by atoms with van der Waals surface area (Å²) in [4.78, 5) is 25.6. The van der Waals surface area contributed by atoms with Gasteiger partial charge in [0.25, 0.3) is 5.91 Å². The number of hydrogen-bond acceptors (Lipinski definition) is 4. The molecule has 0 fully saturated rings. The van der Waals surface area contributed by atoms with Gasteiger partial charge in [-0.3, -0.25) is 9.59 Å². The second-order valence-corrected chi connectivity index (χ2v) is 6.72. The van der Waals surface area contributed by atoms with Crippen molar-refractivity contribution in [3.8, 4) is 0 Å². The van der Waals surface area contributed by atoms with E-state index >= 15 is 0 Å². The van der Waals surface area contributed by atoms with Crippen LogP contribution in [0.15, 0.2) is 68.6 Å². The fraction of sp³-hybridized carbons (Fsp3) is 0.0952. The van der Waals surface area contributed by atoms with Crippen molar-refractivity contribution in [1.82, 2.24) is 0 Å². The van der Waals surface area contributed by atoms with Crippen LogP contribution in [0, 0.1) is 6.92 Å². The van der Waals surface area contributed by atoms with Crippen molar-refractivity contribution in [2.24, 2.45) is 5.10 Å². The highest BCUT2D eigenvalue weighted by Crippen LogP contribution is 2.25. The molecule has 2 heterocycles. The molecule has 0 saturated carbocycles. The Balaban J connectivity index is 1.79. The number of aryl methyl sites for hydroxylation is 1. The molecule has 0 radical (unpaired) electrons. The number of fused-ring (bicyclic) bond motifs is 1. The first-order valence-electron chi connectivity index (χ1n) is 8.34. The van der Waals surface area contributed by atoms with E-state index in [1.807, 2.05) is 25.1 Å². The number of para-hydroxylation sites is 1. The maximum absolute atomic E-state index is 12.8. The van der Waals surface area contributed by atoms with Gasteiger partial charge in [0.2, 0.25) is 0 Å². The third-order valence-electron chi connectivity index (χ3n) is 4.44. The van der Waals surface area contributed by atoms with E-state index in [4.69, 9.17) is 16.0 Å². The lowest BCUT2D eigenvalue weighted by molar-refractivity contribution is -0.114. The number of hydrogen-bond donors (Lipinski definition) is 0. The summed E-state index contributed by atoms with van der Waals surface area (Å²) < 4.78 is 5.58. The van der Waals surface area contributed by atoms with Crippen LogP contribution >= 0.6 is 11.6 Å². The van der Waals surface area contributed by atoms with Crippen LogP contribution in [-0.2, 0) is 4.79 Å². The van der Waals surface area contributed by atoms with Crippen molar-refractivity contribution >= 4 is 46.0 Å². The smallest absolute Gasteiger partial charge is 0.280 e. The number of carbonyl (C=O) groups excluding carboxylic acids is 1. The molecule has 0 N–H and O–H groups in total. The highest BCUT2D eigenvalue weighted by molar-refractivity contribution is 6.32. The maximum atomic E-state index is 12.8. The summed E-state index contributed by atoms with van der Waals surface area (Å²) in [5, 5.41) is 6.50. The molecule has 27 heavy (non-hydrogen) atoms. The normalized spacial score (nSPS) is 15.7. The van der Waals surface area contributed by atoms with Gasteiger partial charge < -0.3 is 4.42 Å². The number of carbonyl (C=O) groups is 1. The average Bonchev–Trinajstić information content (AvgIpc) is 2.94. The lowest BCUT2D eigenvalue weighted by Crippen LogP contribution is -2.21. The van der Waals surface area contributed by atoms with Crippen LogP contribution in [-0.4, -0.2) is 11.6 Å². The molecule has 0 saturated heterocycles. The summed E-state index contributed by atoms with van der Waals surface area (Å²) in [5.41, 5.74) is 2.86. The maximum Gasteiger partial charge on any atom is 0.280 e. The second kappa shape index (κ2) is 6.52. The Kier molecular flexibility index (Phi) is 4.16. The molecule has 0 aliphatic carbocycles. The Morgan fingerprint density at radius 3 is 2.59 bits per heavy atom. The lowest BCUT2D eigenvalue weighted by Gasteiger charge is -2.11. The van der Waals surface area contributed by atoms with Gasteiger partial charge in [-0.05, 0) is 49.8 Å². The minimum Gasteiger partial charge on any atom is -0.463 e. The molecule has 6 heteroatoms. The zero-order chi connectivity index (χ0) is 19.1. The largest absolute Gasteiger partial charge is 0.463 e.